The minimum Gasteiger partial charge on any atom is -0.497 e. The summed E-state index contributed by atoms with van der Waals surface area (Å²) in [6.07, 6.45) is 2.52. The lowest BCUT2D eigenvalue weighted by Gasteiger charge is -2.11. The van der Waals surface area contributed by atoms with Gasteiger partial charge in [-0.05, 0) is 47.9 Å². The molecule has 174 valence electrons. The fourth-order valence-electron chi connectivity index (χ4n) is 3.81. The largest absolute Gasteiger partial charge is 0.497 e. The Morgan fingerprint density at radius 1 is 1.24 bits per heavy atom. The van der Waals surface area contributed by atoms with Crippen LogP contribution in [0.4, 0.5) is 0 Å². The Balaban J connectivity index is 1.44. The smallest absolute Gasteiger partial charge is 0.272 e. The van der Waals surface area contributed by atoms with E-state index < -0.39 is 0 Å². The van der Waals surface area contributed by atoms with Gasteiger partial charge in [0.15, 0.2) is 0 Å². The summed E-state index contributed by atoms with van der Waals surface area (Å²) in [5.74, 6) is 2.58. The highest BCUT2D eigenvalue weighted by Crippen LogP contribution is 2.21. The van der Waals surface area contributed by atoms with Gasteiger partial charge in [-0.1, -0.05) is 26.0 Å². The molecule has 0 bridgehead atoms. The molecule has 1 N–H and O–H groups in total. The van der Waals surface area contributed by atoms with Gasteiger partial charge in [-0.15, -0.1) is 21.5 Å². The van der Waals surface area contributed by atoms with Crippen molar-refractivity contribution in [1.29, 1.82) is 0 Å². The lowest BCUT2D eigenvalue weighted by Crippen LogP contribution is -2.23. The van der Waals surface area contributed by atoms with E-state index in [0.29, 0.717) is 48.7 Å². The van der Waals surface area contributed by atoms with E-state index in [1.807, 2.05) is 40.1 Å². The number of carbonyl (C=O) groups excluding carboxylic acids is 1. The highest BCUT2D eigenvalue weighted by Gasteiger charge is 2.17. The second kappa shape index (κ2) is 10.2. The number of amides is 1. The maximum Gasteiger partial charge on any atom is 0.272 e. The molecule has 33 heavy (non-hydrogen) atoms. The molecule has 0 aliphatic carbocycles. The number of benzene rings is 1. The van der Waals surface area contributed by atoms with Crippen LogP contribution in [0.15, 0.2) is 40.5 Å². The van der Waals surface area contributed by atoms with Gasteiger partial charge in [0, 0.05) is 25.9 Å². The van der Waals surface area contributed by atoms with E-state index in [0.717, 1.165) is 29.1 Å². The standard InChI is InChI=1S/C24H29N5O3S/c1-16(2)10-12-28-23(31)22-19(11-13-33-22)29-20(26-27-24(28)29)8-5-9-21(30)25-15-17-6-4-7-18(14-17)32-3/h4,6-7,11,13-14,16H,5,8-10,12,15H2,1-3H3,(H,25,30). The molecular weight excluding hydrogens is 438 g/mol. The van der Waals surface area contributed by atoms with Crippen molar-refractivity contribution in [2.75, 3.05) is 7.11 Å². The van der Waals surface area contributed by atoms with Gasteiger partial charge < -0.3 is 10.1 Å². The normalized spacial score (nSPS) is 11.5. The molecule has 9 heteroatoms. The number of rotatable bonds is 10. The van der Waals surface area contributed by atoms with Crippen LogP contribution in [0, 0.1) is 5.92 Å². The van der Waals surface area contributed by atoms with Gasteiger partial charge in [0.2, 0.25) is 11.7 Å². The van der Waals surface area contributed by atoms with Crippen molar-refractivity contribution in [1.82, 2.24) is 24.5 Å². The molecule has 1 amide bonds. The van der Waals surface area contributed by atoms with Crippen LogP contribution >= 0.6 is 11.3 Å². The molecule has 8 nitrogen and oxygen atoms in total. The lowest BCUT2D eigenvalue weighted by molar-refractivity contribution is -0.121. The molecule has 0 spiro atoms. The van der Waals surface area contributed by atoms with Crippen molar-refractivity contribution in [2.45, 2.75) is 52.6 Å². The Morgan fingerprint density at radius 3 is 2.88 bits per heavy atom. The number of fused-ring (bicyclic) bond motifs is 3. The monoisotopic (exact) mass is 467 g/mol. The number of aromatic nitrogens is 4. The van der Waals surface area contributed by atoms with Crippen molar-refractivity contribution in [3.63, 3.8) is 0 Å². The fourth-order valence-corrected chi connectivity index (χ4v) is 4.63. The number of aryl methyl sites for hydroxylation is 2. The number of ether oxygens (including phenoxy) is 1. The molecule has 0 fully saturated rings. The zero-order valence-electron chi connectivity index (χ0n) is 19.2. The summed E-state index contributed by atoms with van der Waals surface area (Å²) in [6, 6.07) is 9.59. The van der Waals surface area contributed by atoms with Crippen LogP contribution in [0.1, 0.15) is 44.5 Å². The summed E-state index contributed by atoms with van der Waals surface area (Å²) >= 11 is 1.44. The summed E-state index contributed by atoms with van der Waals surface area (Å²) < 4.78 is 9.64. The van der Waals surface area contributed by atoms with E-state index in [2.05, 4.69) is 29.4 Å². The van der Waals surface area contributed by atoms with Gasteiger partial charge in [-0.25, -0.2) is 0 Å². The average molecular weight is 468 g/mol. The molecule has 4 aromatic rings. The van der Waals surface area contributed by atoms with Crippen molar-refractivity contribution in [3.8, 4) is 5.75 Å². The predicted molar refractivity (Wildman–Crippen MR) is 130 cm³/mol. The van der Waals surface area contributed by atoms with E-state index in [1.165, 1.54) is 11.3 Å². The highest BCUT2D eigenvalue weighted by molar-refractivity contribution is 7.17. The van der Waals surface area contributed by atoms with Crippen molar-refractivity contribution in [3.05, 3.63) is 57.5 Å². The molecule has 0 radical (unpaired) electrons. The first-order chi connectivity index (χ1) is 16.0. The van der Waals surface area contributed by atoms with Crippen LogP contribution in [-0.4, -0.2) is 32.2 Å². The lowest BCUT2D eigenvalue weighted by atomic mass is 10.1. The average Bonchev–Trinajstić information content (AvgIpc) is 3.45. The van der Waals surface area contributed by atoms with Crippen LogP contribution in [0.5, 0.6) is 5.75 Å². The van der Waals surface area contributed by atoms with Crippen LogP contribution < -0.4 is 15.6 Å². The zero-order chi connectivity index (χ0) is 23.4. The molecule has 0 saturated heterocycles. The second-order valence-corrected chi connectivity index (χ2v) is 9.42. The number of methoxy groups -OCH3 is 1. The predicted octanol–water partition coefficient (Wildman–Crippen LogP) is 3.80. The van der Waals surface area contributed by atoms with Gasteiger partial charge in [0.25, 0.3) is 5.56 Å². The minimum atomic E-state index is -0.0128. The molecule has 0 saturated carbocycles. The number of hydrogen-bond acceptors (Lipinski definition) is 6. The molecule has 1 aromatic carbocycles. The van der Waals surface area contributed by atoms with Crippen LogP contribution in [0.25, 0.3) is 16.0 Å². The second-order valence-electron chi connectivity index (χ2n) is 8.51. The van der Waals surface area contributed by atoms with Gasteiger partial charge in [0.1, 0.15) is 16.3 Å². The molecule has 0 aliphatic rings. The van der Waals surface area contributed by atoms with Gasteiger partial charge >= 0.3 is 0 Å². The highest BCUT2D eigenvalue weighted by atomic mass is 32.1. The SMILES string of the molecule is COc1cccc(CNC(=O)CCCc2nnc3n(CCC(C)C)c(=O)c4sccc4n23)c1. The maximum absolute atomic E-state index is 13.0. The van der Waals surface area contributed by atoms with Gasteiger partial charge in [-0.3, -0.25) is 18.6 Å². The van der Waals surface area contributed by atoms with Crippen molar-refractivity contribution in [2.24, 2.45) is 5.92 Å². The van der Waals surface area contributed by atoms with Gasteiger partial charge in [0.05, 0.1) is 12.6 Å². The molecule has 3 heterocycles. The Morgan fingerprint density at radius 2 is 2.09 bits per heavy atom. The van der Waals surface area contributed by atoms with E-state index in [-0.39, 0.29) is 11.5 Å². The quantitative estimate of drug-likeness (QED) is 0.383. The molecule has 0 unspecified atom stereocenters. The molecule has 0 aliphatic heterocycles. The third-order valence-corrected chi connectivity index (χ3v) is 6.53. The number of hydrogen-bond donors (Lipinski definition) is 1. The molecule has 3 aromatic heterocycles. The molecule has 0 atom stereocenters. The number of nitrogens with one attached hydrogen (secondary N) is 1. The molecular formula is C24H29N5O3S. The van der Waals surface area contributed by atoms with Crippen molar-refractivity contribution >= 4 is 33.2 Å². The number of carbonyl (C=O) groups is 1. The Labute approximate surface area is 196 Å². The third-order valence-electron chi connectivity index (χ3n) is 5.64. The van der Waals surface area contributed by atoms with E-state index in [4.69, 9.17) is 4.74 Å². The number of nitrogens with zero attached hydrogens (tertiary/aromatic N) is 4. The van der Waals surface area contributed by atoms with E-state index >= 15 is 0 Å². The summed E-state index contributed by atoms with van der Waals surface area (Å²) in [4.78, 5) is 25.3. The Hall–Kier alpha value is -3.20. The van der Waals surface area contributed by atoms with Gasteiger partial charge in [-0.2, -0.15) is 0 Å². The van der Waals surface area contributed by atoms with E-state index in [9.17, 15) is 9.59 Å². The van der Waals surface area contributed by atoms with Crippen LogP contribution in [-0.2, 0) is 24.3 Å². The summed E-state index contributed by atoms with van der Waals surface area (Å²) in [5, 5.41) is 13.6. The first kappa shape index (κ1) is 23.0. The van der Waals surface area contributed by atoms with Crippen LogP contribution in [0.3, 0.4) is 0 Å². The summed E-state index contributed by atoms with van der Waals surface area (Å²) in [7, 11) is 1.62. The summed E-state index contributed by atoms with van der Waals surface area (Å²) in [6.45, 7) is 5.35. The first-order valence-electron chi connectivity index (χ1n) is 11.2. The first-order valence-corrected chi connectivity index (χ1v) is 12.1. The zero-order valence-corrected chi connectivity index (χ0v) is 20.0. The Kier molecular flexibility index (Phi) is 7.08. The van der Waals surface area contributed by atoms with E-state index in [1.54, 1.807) is 11.7 Å². The van der Waals surface area contributed by atoms with Crippen LogP contribution in [0.2, 0.25) is 0 Å². The molecule has 4 rings (SSSR count). The fraction of sp³-hybridized carbons (Fsp3) is 0.417. The van der Waals surface area contributed by atoms with Crippen molar-refractivity contribution < 1.29 is 9.53 Å². The summed E-state index contributed by atoms with van der Waals surface area (Å²) in [5.41, 5.74) is 1.82. The maximum atomic E-state index is 13.0. The minimum absolute atomic E-state index is 0.0102. The Bertz CT molecular complexity index is 1320. The number of thiophene rings is 1. The third kappa shape index (κ3) is 5.08. The topological polar surface area (TPSA) is 90.5 Å².